The number of hydrogen-bond acceptors (Lipinski definition) is 2. The largest absolute Gasteiger partial charge is 0.478 e. The van der Waals surface area contributed by atoms with E-state index in [1.54, 1.807) is 24.3 Å². The molecular weight excluding hydrogens is 288 g/mol. The minimum atomic E-state index is -0.966. The molecule has 0 saturated heterocycles. The van der Waals surface area contributed by atoms with Gasteiger partial charge >= 0.3 is 5.97 Å². The van der Waals surface area contributed by atoms with Gasteiger partial charge in [-0.1, -0.05) is 30.7 Å². The Labute approximate surface area is 126 Å². The molecule has 106 valence electrons. The highest BCUT2D eigenvalue weighted by Gasteiger charge is 2.17. The van der Waals surface area contributed by atoms with Crippen molar-refractivity contribution in [1.82, 2.24) is 9.55 Å². The van der Waals surface area contributed by atoms with E-state index in [0.29, 0.717) is 22.5 Å². The highest BCUT2D eigenvalue weighted by atomic mass is 35.5. The molecule has 1 heterocycles. The number of carbonyl (C=O) groups is 1. The number of carboxylic acid groups (broad SMARTS) is 1. The van der Waals surface area contributed by atoms with Gasteiger partial charge in [-0.25, -0.2) is 9.78 Å². The molecule has 0 aliphatic heterocycles. The third kappa shape index (κ3) is 2.28. The van der Waals surface area contributed by atoms with Gasteiger partial charge in [-0.2, -0.15) is 0 Å². The lowest BCUT2D eigenvalue weighted by Gasteiger charge is -2.10. The van der Waals surface area contributed by atoms with Crippen molar-refractivity contribution in [2.75, 3.05) is 0 Å². The van der Waals surface area contributed by atoms with E-state index in [1.165, 1.54) is 0 Å². The first-order chi connectivity index (χ1) is 10.1. The monoisotopic (exact) mass is 300 g/mol. The van der Waals surface area contributed by atoms with Gasteiger partial charge in [0, 0.05) is 17.1 Å². The molecule has 0 spiro atoms. The zero-order valence-corrected chi connectivity index (χ0v) is 12.1. The fourth-order valence-corrected chi connectivity index (χ4v) is 2.66. The average Bonchev–Trinajstić information content (AvgIpc) is 2.85. The van der Waals surface area contributed by atoms with Crippen LogP contribution in [0, 0.1) is 0 Å². The number of aromatic nitrogens is 2. The second-order valence-corrected chi connectivity index (χ2v) is 5.11. The summed E-state index contributed by atoms with van der Waals surface area (Å²) in [5.74, 6) is -0.160. The SMILES string of the molecule is CCc1nc2cccc(C(=O)O)c2n1-c1cccc(Cl)c1. The van der Waals surface area contributed by atoms with Crippen molar-refractivity contribution >= 4 is 28.6 Å². The molecule has 0 unspecified atom stereocenters. The predicted octanol–water partition coefficient (Wildman–Crippen LogP) is 3.94. The van der Waals surface area contributed by atoms with Crippen molar-refractivity contribution in [2.45, 2.75) is 13.3 Å². The summed E-state index contributed by atoms with van der Waals surface area (Å²) in [5, 5.41) is 10.0. The summed E-state index contributed by atoms with van der Waals surface area (Å²) >= 11 is 6.06. The molecule has 3 rings (SSSR count). The number of halogens is 1. The van der Waals surface area contributed by atoms with E-state index in [0.717, 1.165) is 11.5 Å². The lowest BCUT2D eigenvalue weighted by atomic mass is 10.1. The van der Waals surface area contributed by atoms with Gasteiger partial charge in [-0.05, 0) is 30.3 Å². The Bertz CT molecular complexity index is 839. The third-order valence-corrected chi connectivity index (χ3v) is 3.59. The summed E-state index contributed by atoms with van der Waals surface area (Å²) < 4.78 is 1.87. The molecule has 0 radical (unpaired) electrons. The fourth-order valence-electron chi connectivity index (χ4n) is 2.48. The Morgan fingerprint density at radius 3 is 2.71 bits per heavy atom. The highest BCUT2D eigenvalue weighted by molar-refractivity contribution is 6.30. The number of nitrogens with zero attached hydrogens (tertiary/aromatic N) is 2. The van der Waals surface area contributed by atoms with Crippen LogP contribution in [0.25, 0.3) is 16.7 Å². The Hall–Kier alpha value is -2.33. The zero-order valence-electron chi connectivity index (χ0n) is 11.4. The molecule has 4 nitrogen and oxygen atoms in total. The van der Waals surface area contributed by atoms with Crippen molar-refractivity contribution in [2.24, 2.45) is 0 Å². The van der Waals surface area contributed by atoms with E-state index in [1.807, 2.05) is 29.7 Å². The Morgan fingerprint density at radius 1 is 1.29 bits per heavy atom. The van der Waals surface area contributed by atoms with Gasteiger partial charge in [0.15, 0.2) is 0 Å². The Balaban J connectivity index is 2.42. The van der Waals surface area contributed by atoms with Crippen LogP contribution in [-0.4, -0.2) is 20.6 Å². The van der Waals surface area contributed by atoms with Crippen LogP contribution in [-0.2, 0) is 6.42 Å². The minimum absolute atomic E-state index is 0.236. The van der Waals surface area contributed by atoms with Crippen LogP contribution < -0.4 is 0 Å². The Kier molecular flexibility index (Phi) is 3.39. The number of imidazole rings is 1. The van der Waals surface area contributed by atoms with Gasteiger partial charge in [0.2, 0.25) is 0 Å². The van der Waals surface area contributed by atoms with Crippen LogP contribution in [0.4, 0.5) is 0 Å². The van der Waals surface area contributed by atoms with Gasteiger partial charge in [-0.15, -0.1) is 0 Å². The molecule has 0 atom stereocenters. The number of hydrogen-bond donors (Lipinski definition) is 1. The summed E-state index contributed by atoms with van der Waals surface area (Å²) in [7, 11) is 0. The molecule has 5 heteroatoms. The third-order valence-electron chi connectivity index (χ3n) is 3.36. The van der Waals surface area contributed by atoms with Gasteiger partial charge in [-0.3, -0.25) is 4.57 Å². The standard InChI is InChI=1S/C16H13ClN2O2/c1-2-14-18-13-8-4-7-12(16(20)21)15(13)19(14)11-6-3-5-10(17)9-11/h3-9H,2H2,1H3,(H,20,21). The molecule has 3 aromatic rings. The smallest absolute Gasteiger partial charge is 0.337 e. The topological polar surface area (TPSA) is 55.1 Å². The van der Waals surface area contributed by atoms with Crippen molar-refractivity contribution in [3.8, 4) is 5.69 Å². The zero-order chi connectivity index (χ0) is 15.0. The maximum atomic E-state index is 11.5. The quantitative estimate of drug-likeness (QED) is 0.797. The number of benzene rings is 2. The molecule has 0 saturated carbocycles. The second kappa shape index (κ2) is 5.22. The van der Waals surface area contributed by atoms with Crippen molar-refractivity contribution in [1.29, 1.82) is 0 Å². The summed E-state index contributed by atoms with van der Waals surface area (Å²) in [6, 6.07) is 12.4. The molecule has 2 aromatic carbocycles. The number of rotatable bonds is 3. The maximum absolute atomic E-state index is 11.5. The number of carboxylic acids is 1. The van der Waals surface area contributed by atoms with E-state index in [-0.39, 0.29) is 5.56 Å². The van der Waals surface area contributed by atoms with E-state index in [4.69, 9.17) is 11.6 Å². The first-order valence-electron chi connectivity index (χ1n) is 6.61. The lowest BCUT2D eigenvalue weighted by Crippen LogP contribution is -2.04. The van der Waals surface area contributed by atoms with E-state index in [2.05, 4.69) is 4.98 Å². The van der Waals surface area contributed by atoms with Crippen LogP contribution in [0.2, 0.25) is 5.02 Å². The summed E-state index contributed by atoms with van der Waals surface area (Å²) in [6.45, 7) is 1.99. The van der Waals surface area contributed by atoms with Crippen molar-refractivity contribution in [3.05, 3.63) is 58.9 Å². The van der Waals surface area contributed by atoms with Crippen molar-refractivity contribution < 1.29 is 9.90 Å². The molecule has 1 N–H and O–H groups in total. The number of aryl methyl sites for hydroxylation is 1. The van der Waals surface area contributed by atoms with Crippen molar-refractivity contribution in [3.63, 3.8) is 0 Å². The first-order valence-corrected chi connectivity index (χ1v) is 6.99. The summed E-state index contributed by atoms with van der Waals surface area (Å²) in [6.07, 6.45) is 0.695. The van der Waals surface area contributed by atoms with E-state index >= 15 is 0 Å². The van der Waals surface area contributed by atoms with E-state index < -0.39 is 5.97 Å². The number of aromatic carboxylic acids is 1. The fraction of sp³-hybridized carbons (Fsp3) is 0.125. The second-order valence-electron chi connectivity index (χ2n) is 4.68. The lowest BCUT2D eigenvalue weighted by molar-refractivity contribution is 0.0698. The van der Waals surface area contributed by atoms with Gasteiger partial charge < -0.3 is 5.11 Å². The molecule has 0 bridgehead atoms. The van der Waals surface area contributed by atoms with Gasteiger partial charge in [0.25, 0.3) is 0 Å². The maximum Gasteiger partial charge on any atom is 0.337 e. The van der Waals surface area contributed by atoms with E-state index in [9.17, 15) is 9.90 Å². The molecular formula is C16H13ClN2O2. The van der Waals surface area contributed by atoms with Crippen LogP contribution in [0.5, 0.6) is 0 Å². The van der Waals surface area contributed by atoms with Crippen LogP contribution >= 0.6 is 11.6 Å². The number of fused-ring (bicyclic) bond motifs is 1. The molecule has 1 aromatic heterocycles. The molecule has 0 fully saturated rings. The van der Waals surface area contributed by atoms with Crippen LogP contribution in [0.15, 0.2) is 42.5 Å². The van der Waals surface area contributed by atoms with Gasteiger partial charge in [0.1, 0.15) is 5.82 Å². The number of para-hydroxylation sites is 1. The molecule has 0 aliphatic carbocycles. The van der Waals surface area contributed by atoms with Crippen LogP contribution in [0.1, 0.15) is 23.1 Å². The molecule has 21 heavy (non-hydrogen) atoms. The normalized spacial score (nSPS) is 11.0. The average molecular weight is 301 g/mol. The molecule has 0 aliphatic rings. The van der Waals surface area contributed by atoms with Gasteiger partial charge in [0.05, 0.1) is 16.6 Å². The first kappa shape index (κ1) is 13.6. The molecule has 0 amide bonds. The minimum Gasteiger partial charge on any atom is -0.478 e. The Morgan fingerprint density at radius 2 is 2.05 bits per heavy atom. The summed E-state index contributed by atoms with van der Waals surface area (Å²) in [4.78, 5) is 16.0. The summed E-state index contributed by atoms with van der Waals surface area (Å²) in [5.41, 5.74) is 2.33. The highest BCUT2D eigenvalue weighted by Crippen LogP contribution is 2.26. The van der Waals surface area contributed by atoms with Crippen LogP contribution in [0.3, 0.4) is 0 Å². The predicted molar refractivity (Wildman–Crippen MR) is 82.4 cm³/mol.